The van der Waals surface area contributed by atoms with Crippen LogP contribution in [0.2, 0.25) is 0 Å². The molecule has 0 aromatic carbocycles. The summed E-state index contributed by atoms with van der Waals surface area (Å²) in [5, 5.41) is 17.0. The molecule has 0 bridgehead atoms. The number of oxime groups is 1. The van der Waals surface area contributed by atoms with E-state index in [4.69, 9.17) is 15.3 Å². The Morgan fingerprint density at radius 1 is 1.44 bits per heavy atom. The van der Waals surface area contributed by atoms with Gasteiger partial charge >= 0.3 is 12.1 Å². The van der Waals surface area contributed by atoms with Gasteiger partial charge in [0.15, 0.2) is 10.8 Å². The van der Waals surface area contributed by atoms with Gasteiger partial charge in [0, 0.05) is 30.8 Å². The average molecular weight is 485 g/mol. The summed E-state index contributed by atoms with van der Waals surface area (Å²) in [6.45, 7) is -0.269. The van der Waals surface area contributed by atoms with Crippen molar-refractivity contribution in [2.75, 3.05) is 39.3 Å². The number of carboxylic acid groups (broad SMARTS) is 1. The Labute approximate surface area is 190 Å². The zero-order chi connectivity index (χ0) is 23.6. The Bertz CT molecular complexity index is 1020. The molecule has 2 atom stereocenters. The number of carbonyl (C=O) groups is 4. The van der Waals surface area contributed by atoms with Gasteiger partial charge in [0.1, 0.15) is 36.5 Å². The van der Waals surface area contributed by atoms with Gasteiger partial charge in [-0.25, -0.2) is 14.6 Å². The number of hydrogen-bond acceptors (Lipinski definition) is 11. The fourth-order valence-electron chi connectivity index (χ4n) is 2.97. The topological polar surface area (TPSA) is 177 Å². The molecule has 1 fully saturated rings. The first kappa shape index (κ1) is 23.3. The van der Waals surface area contributed by atoms with E-state index in [1.165, 1.54) is 43.2 Å². The van der Waals surface area contributed by atoms with Gasteiger partial charge < -0.3 is 30.6 Å². The second kappa shape index (κ2) is 9.44. The number of nitrogen functional groups attached to an aromatic ring is 1. The van der Waals surface area contributed by atoms with Crippen LogP contribution in [-0.2, 0) is 24.0 Å². The molecule has 0 radical (unpaired) electrons. The van der Waals surface area contributed by atoms with Crippen LogP contribution in [0.5, 0.6) is 0 Å². The highest BCUT2D eigenvalue weighted by atomic mass is 32.2. The molecule has 13 nitrogen and oxygen atoms in total. The van der Waals surface area contributed by atoms with E-state index < -0.39 is 35.3 Å². The normalized spacial score (nSPS) is 20.3. The molecule has 1 aromatic rings. The Kier molecular flexibility index (Phi) is 6.88. The molecule has 3 heterocycles. The molecule has 32 heavy (non-hydrogen) atoms. The van der Waals surface area contributed by atoms with E-state index in [-0.39, 0.29) is 40.2 Å². The fraction of sp³-hybridized carbons (Fsp3) is 0.412. The summed E-state index contributed by atoms with van der Waals surface area (Å²) in [7, 11) is 4.24. The zero-order valence-corrected chi connectivity index (χ0v) is 18.9. The van der Waals surface area contributed by atoms with Crippen LogP contribution in [0.15, 0.2) is 21.8 Å². The molecule has 4 N–H and O–H groups in total. The van der Waals surface area contributed by atoms with Crippen LogP contribution in [0.4, 0.5) is 9.93 Å². The number of rotatable bonds is 7. The lowest BCUT2D eigenvalue weighted by atomic mass is 10.0. The van der Waals surface area contributed by atoms with Gasteiger partial charge in [0.05, 0.1) is 0 Å². The number of fused-ring (bicyclic) bond motifs is 1. The van der Waals surface area contributed by atoms with Crippen molar-refractivity contribution in [3.05, 3.63) is 22.3 Å². The number of aliphatic carboxylic acids is 1. The number of anilines is 1. The van der Waals surface area contributed by atoms with Crippen molar-refractivity contribution >= 4 is 57.8 Å². The standard InChI is InChI=1S/C17H20N6O7S2/c1-22(2)17(28)30-4-7-5-31-14-10(13(25)23(14)11(7)15(26)27)20-12(24)9(21-29-3)8-6-32-16(18)19-8/h6,10,14H,4-5H2,1-3H3,(H2,18,19)(H,20,24)(H,26,27)/t10?,14-/m1/s1. The van der Waals surface area contributed by atoms with E-state index in [0.717, 1.165) is 16.2 Å². The minimum atomic E-state index is -1.33. The molecule has 0 aliphatic carbocycles. The number of carboxylic acids is 1. The molecular formula is C17H20N6O7S2. The molecule has 3 rings (SSSR count). The summed E-state index contributed by atoms with van der Waals surface area (Å²) in [5.41, 5.74) is 5.64. The first-order valence-electron chi connectivity index (χ1n) is 9.03. The number of ether oxygens (including phenoxy) is 1. The first-order valence-corrected chi connectivity index (χ1v) is 11.0. The Morgan fingerprint density at radius 3 is 2.72 bits per heavy atom. The molecule has 1 unspecified atom stereocenters. The van der Waals surface area contributed by atoms with Gasteiger partial charge in [0.2, 0.25) is 0 Å². The van der Waals surface area contributed by atoms with Crippen molar-refractivity contribution in [3.63, 3.8) is 0 Å². The molecule has 1 saturated heterocycles. The Morgan fingerprint density at radius 2 is 2.16 bits per heavy atom. The molecule has 172 valence electrons. The van der Waals surface area contributed by atoms with E-state index in [9.17, 15) is 24.3 Å². The summed E-state index contributed by atoms with van der Waals surface area (Å²) < 4.78 is 5.07. The maximum absolute atomic E-state index is 12.7. The van der Waals surface area contributed by atoms with Crippen LogP contribution in [0.25, 0.3) is 0 Å². The van der Waals surface area contributed by atoms with Crippen molar-refractivity contribution in [1.82, 2.24) is 20.1 Å². The van der Waals surface area contributed by atoms with Crippen molar-refractivity contribution in [2.45, 2.75) is 11.4 Å². The molecular weight excluding hydrogens is 464 g/mol. The Hall–Kier alpha value is -3.33. The number of β-lactam (4-membered cyclic amide) rings is 1. The third kappa shape index (κ3) is 4.47. The quantitative estimate of drug-likeness (QED) is 0.260. The third-order valence-corrected chi connectivity index (χ3v) is 6.45. The van der Waals surface area contributed by atoms with Crippen LogP contribution < -0.4 is 11.1 Å². The predicted molar refractivity (Wildman–Crippen MR) is 115 cm³/mol. The maximum atomic E-state index is 12.7. The van der Waals surface area contributed by atoms with E-state index in [0.29, 0.717) is 0 Å². The highest BCUT2D eigenvalue weighted by molar-refractivity contribution is 8.00. The van der Waals surface area contributed by atoms with Crippen molar-refractivity contribution in [3.8, 4) is 0 Å². The number of hydrogen-bond donors (Lipinski definition) is 3. The predicted octanol–water partition coefficient (Wildman–Crippen LogP) is -0.487. The molecule has 0 spiro atoms. The van der Waals surface area contributed by atoms with E-state index in [1.807, 2.05) is 0 Å². The SMILES string of the molecule is CON=C(C(=O)NC1C(=O)N2C(C(=O)O)=C(COC(=O)N(C)C)CS[C@H]12)c1csc(N)n1. The third-order valence-electron chi connectivity index (χ3n) is 4.43. The monoisotopic (exact) mass is 484 g/mol. The van der Waals surface area contributed by atoms with E-state index >= 15 is 0 Å². The summed E-state index contributed by atoms with van der Waals surface area (Å²) >= 11 is 2.35. The zero-order valence-electron chi connectivity index (χ0n) is 17.2. The average Bonchev–Trinajstić information content (AvgIpc) is 3.18. The van der Waals surface area contributed by atoms with Crippen LogP contribution >= 0.6 is 23.1 Å². The van der Waals surface area contributed by atoms with Crippen LogP contribution in [0.3, 0.4) is 0 Å². The molecule has 0 saturated carbocycles. The molecule has 2 aliphatic heterocycles. The summed E-state index contributed by atoms with van der Waals surface area (Å²) in [6, 6.07) is -0.981. The smallest absolute Gasteiger partial charge is 0.409 e. The van der Waals surface area contributed by atoms with Gasteiger partial charge in [-0.15, -0.1) is 23.1 Å². The number of aromatic nitrogens is 1. The number of amides is 3. The second-order valence-electron chi connectivity index (χ2n) is 6.76. The summed E-state index contributed by atoms with van der Waals surface area (Å²) in [5.74, 6) is -2.46. The highest BCUT2D eigenvalue weighted by Gasteiger charge is 2.54. The number of thiazole rings is 1. The van der Waals surface area contributed by atoms with Crippen LogP contribution in [0, 0.1) is 0 Å². The number of nitrogens with two attached hydrogens (primary N) is 1. The maximum Gasteiger partial charge on any atom is 0.409 e. The largest absolute Gasteiger partial charge is 0.477 e. The van der Waals surface area contributed by atoms with Gasteiger partial charge in [-0.3, -0.25) is 14.5 Å². The van der Waals surface area contributed by atoms with Crippen molar-refractivity contribution in [1.29, 1.82) is 0 Å². The number of nitrogens with zero attached hydrogens (tertiary/aromatic N) is 4. The van der Waals surface area contributed by atoms with Crippen molar-refractivity contribution < 1.29 is 33.9 Å². The van der Waals surface area contributed by atoms with Crippen LogP contribution in [-0.4, -0.2) is 94.5 Å². The minimum absolute atomic E-state index is 0.169. The summed E-state index contributed by atoms with van der Waals surface area (Å²) in [6.07, 6.45) is -0.637. The van der Waals surface area contributed by atoms with Crippen LogP contribution in [0.1, 0.15) is 5.69 Å². The molecule has 15 heteroatoms. The molecule has 1 aromatic heterocycles. The van der Waals surface area contributed by atoms with E-state index in [2.05, 4.69) is 15.5 Å². The molecule has 2 aliphatic rings. The van der Waals surface area contributed by atoms with E-state index in [1.54, 1.807) is 0 Å². The Balaban J connectivity index is 1.75. The highest BCUT2D eigenvalue weighted by Crippen LogP contribution is 2.40. The lowest BCUT2D eigenvalue weighted by molar-refractivity contribution is -0.150. The lowest BCUT2D eigenvalue weighted by Crippen LogP contribution is -2.71. The lowest BCUT2D eigenvalue weighted by Gasteiger charge is -2.49. The van der Waals surface area contributed by atoms with Gasteiger partial charge in [-0.2, -0.15) is 0 Å². The summed E-state index contributed by atoms with van der Waals surface area (Å²) in [4.78, 5) is 59.9. The first-order chi connectivity index (χ1) is 15.1. The van der Waals surface area contributed by atoms with Gasteiger partial charge in [0.25, 0.3) is 11.8 Å². The molecule has 3 amide bonds. The van der Waals surface area contributed by atoms with Gasteiger partial charge in [-0.1, -0.05) is 5.16 Å². The fourth-order valence-corrected chi connectivity index (χ4v) is 4.85. The number of nitrogens with one attached hydrogen (secondary N) is 1. The minimum Gasteiger partial charge on any atom is -0.477 e. The number of thioether (sulfide) groups is 1. The second-order valence-corrected chi connectivity index (χ2v) is 8.76. The number of carbonyl (C=O) groups excluding carboxylic acids is 3. The van der Waals surface area contributed by atoms with Crippen molar-refractivity contribution in [2.24, 2.45) is 5.16 Å². The van der Waals surface area contributed by atoms with Gasteiger partial charge in [-0.05, 0) is 0 Å².